The predicted octanol–water partition coefficient (Wildman–Crippen LogP) is 3.27. The molecule has 0 heterocycles. The molecule has 4 nitrogen and oxygen atoms in total. The third-order valence-electron chi connectivity index (χ3n) is 10.8. The van der Waals surface area contributed by atoms with Crippen molar-refractivity contribution < 1.29 is 69.5 Å². The molecule has 0 spiro atoms. The van der Waals surface area contributed by atoms with Gasteiger partial charge in [-0.25, -0.2) is 8.42 Å². The Kier molecular flexibility index (Phi) is 8.90. The van der Waals surface area contributed by atoms with E-state index in [1.165, 1.54) is 44.9 Å². The van der Waals surface area contributed by atoms with Crippen LogP contribution in [0, 0.1) is 46.3 Å². The molecule has 0 amide bonds. The molecule has 4 rings (SSSR count). The van der Waals surface area contributed by atoms with Crippen molar-refractivity contribution in [3.05, 3.63) is 11.6 Å². The molecule has 0 aromatic heterocycles. The number of allylic oxidation sites excluding steroid dienone is 1. The number of hydrogen-bond acceptors (Lipinski definition) is 4. The number of hydrogen-bond donors (Lipinski definition) is 1. The molecule has 4 aliphatic rings. The molecule has 0 aromatic carbocycles. The van der Waals surface area contributed by atoms with Crippen LogP contribution in [-0.4, -0.2) is 23.0 Å². The van der Waals surface area contributed by atoms with Crippen molar-refractivity contribution >= 4 is 10.1 Å². The summed E-state index contributed by atoms with van der Waals surface area (Å²) in [6.45, 7) is 12.0. The molecule has 0 aromatic rings. The van der Waals surface area contributed by atoms with E-state index in [2.05, 4.69) is 40.7 Å². The molecule has 4 aliphatic carbocycles. The summed E-state index contributed by atoms with van der Waals surface area (Å²) in [6.07, 6.45) is 13.1. The van der Waals surface area contributed by atoms with Crippen LogP contribution in [0.5, 0.6) is 0 Å². The molecule has 0 bridgehead atoms. The van der Waals surface area contributed by atoms with E-state index in [4.69, 9.17) is 0 Å². The SMILES string of the molecule is CC(C)CCC[C@@H](C)[C@H]1CCC2C3CC=C4CC(O)(S(=O)(=O)[O-])CC[C@]4(C)C3CC[C@@]21C.[K+]. The first-order chi connectivity index (χ1) is 14.8. The minimum absolute atomic E-state index is 0. The Morgan fingerprint density at radius 3 is 2.39 bits per heavy atom. The quantitative estimate of drug-likeness (QED) is 0.342. The van der Waals surface area contributed by atoms with E-state index >= 15 is 0 Å². The summed E-state index contributed by atoms with van der Waals surface area (Å²) >= 11 is 0. The monoisotopic (exact) mass is 504 g/mol. The summed E-state index contributed by atoms with van der Waals surface area (Å²) < 4.78 is 35.2. The molecule has 0 radical (unpaired) electrons. The van der Waals surface area contributed by atoms with Gasteiger partial charge < -0.3 is 9.66 Å². The van der Waals surface area contributed by atoms with E-state index in [0.29, 0.717) is 23.7 Å². The summed E-state index contributed by atoms with van der Waals surface area (Å²) in [6, 6.07) is 0. The molecule has 0 aliphatic heterocycles. The van der Waals surface area contributed by atoms with Crippen molar-refractivity contribution in [3.8, 4) is 0 Å². The Morgan fingerprint density at radius 2 is 1.76 bits per heavy atom. The van der Waals surface area contributed by atoms with Crippen LogP contribution < -0.4 is 51.4 Å². The van der Waals surface area contributed by atoms with Gasteiger partial charge in [0.05, 0.1) is 0 Å². The summed E-state index contributed by atoms with van der Waals surface area (Å²) in [5.41, 5.74) is 1.39. The van der Waals surface area contributed by atoms with E-state index in [1.807, 2.05) is 0 Å². The van der Waals surface area contributed by atoms with Gasteiger partial charge in [0.1, 0.15) is 10.1 Å². The van der Waals surface area contributed by atoms with Gasteiger partial charge in [-0.15, -0.1) is 0 Å². The normalized spacial score (nSPS) is 43.7. The van der Waals surface area contributed by atoms with Gasteiger partial charge in [-0.3, -0.25) is 0 Å². The number of fused-ring (bicyclic) bond motifs is 5. The van der Waals surface area contributed by atoms with Gasteiger partial charge in [-0.05, 0) is 91.3 Å². The minimum Gasteiger partial charge on any atom is -0.746 e. The van der Waals surface area contributed by atoms with Crippen molar-refractivity contribution in [2.45, 2.75) is 110 Å². The second-order valence-electron chi connectivity index (χ2n) is 12.9. The summed E-state index contributed by atoms with van der Waals surface area (Å²) in [5.74, 6) is 4.36. The largest absolute Gasteiger partial charge is 1.00 e. The van der Waals surface area contributed by atoms with Gasteiger partial charge in [0.2, 0.25) is 0 Å². The molecule has 4 unspecified atom stereocenters. The average molecular weight is 505 g/mol. The Hall–Kier alpha value is 1.25. The van der Waals surface area contributed by atoms with E-state index in [-0.39, 0.29) is 69.6 Å². The van der Waals surface area contributed by atoms with Crippen molar-refractivity contribution in [2.24, 2.45) is 46.3 Å². The molecular formula is C27H45KO4S. The van der Waals surface area contributed by atoms with Crippen LogP contribution in [0.15, 0.2) is 11.6 Å². The second kappa shape index (κ2) is 10.2. The van der Waals surface area contributed by atoms with Gasteiger partial charge in [0, 0.05) is 6.42 Å². The van der Waals surface area contributed by atoms with E-state index in [1.54, 1.807) is 0 Å². The fraction of sp³-hybridized carbons (Fsp3) is 0.926. The Balaban J connectivity index is 0.00000306. The topological polar surface area (TPSA) is 77.4 Å². The fourth-order valence-electron chi connectivity index (χ4n) is 8.86. The van der Waals surface area contributed by atoms with E-state index in [0.717, 1.165) is 35.7 Å². The van der Waals surface area contributed by atoms with Crippen molar-refractivity contribution in [3.63, 3.8) is 0 Å². The zero-order chi connectivity index (χ0) is 23.5. The first-order valence-corrected chi connectivity index (χ1v) is 14.6. The van der Waals surface area contributed by atoms with Gasteiger partial charge in [-0.2, -0.15) is 0 Å². The van der Waals surface area contributed by atoms with Crippen molar-refractivity contribution in [2.75, 3.05) is 0 Å². The fourth-order valence-corrected chi connectivity index (χ4v) is 9.54. The zero-order valence-electron chi connectivity index (χ0n) is 21.9. The molecular weight excluding hydrogens is 459 g/mol. The molecule has 3 fully saturated rings. The molecule has 184 valence electrons. The molecule has 33 heavy (non-hydrogen) atoms. The van der Waals surface area contributed by atoms with Crippen LogP contribution in [-0.2, 0) is 10.1 Å². The van der Waals surface area contributed by atoms with Gasteiger partial charge >= 0.3 is 51.4 Å². The minimum atomic E-state index is -4.72. The number of aliphatic hydroxyl groups is 1. The van der Waals surface area contributed by atoms with Crippen LogP contribution in [0.3, 0.4) is 0 Å². The van der Waals surface area contributed by atoms with Crippen LogP contribution >= 0.6 is 0 Å². The van der Waals surface area contributed by atoms with Crippen LogP contribution in [0.25, 0.3) is 0 Å². The Labute approximate surface area is 245 Å². The standard InChI is InChI=1S/C27H46O4S.K/c1-18(2)7-6-8-19(3)22-11-12-23-21-10-9-20-17-27(28,32(29,30)31)16-15-25(20,4)24(21)13-14-26(22,23)5;/h9,18-19,21-24,28H,6-8,10-17H2,1-5H3,(H,29,30,31);/q;+1/p-1/t19-,21?,22-,23?,24?,25+,26-,27?;/m1./s1. The van der Waals surface area contributed by atoms with Crippen LogP contribution in [0.1, 0.15) is 105 Å². The van der Waals surface area contributed by atoms with E-state index < -0.39 is 15.1 Å². The maximum absolute atomic E-state index is 11.7. The van der Waals surface area contributed by atoms with Gasteiger partial charge in [-0.1, -0.05) is 65.5 Å². The third-order valence-corrected chi connectivity index (χ3v) is 12.1. The first-order valence-electron chi connectivity index (χ1n) is 13.2. The van der Waals surface area contributed by atoms with Crippen LogP contribution in [0.2, 0.25) is 0 Å². The molecule has 0 saturated heterocycles. The van der Waals surface area contributed by atoms with Gasteiger partial charge in [0.25, 0.3) is 0 Å². The summed E-state index contributed by atoms with van der Waals surface area (Å²) in [5, 5.41) is 10.6. The van der Waals surface area contributed by atoms with Crippen LogP contribution in [0.4, 0.5) is 0 Å². The zero-order valence-corrected chi connectivity index (χ0v) is 25.8. The molecule has 1 N–H and O–H groups in total. The molecule has 8 atom stereocenters. The van der Waals surface area contributed by atoms with Gasteiger partial charge in [0.15, 0.2) is 4.93 Å². The summed E-state index contributed by atoms with van der Waals surface area (Å²) in [4.78, 5) is -2.11. The predicted molar refractivity (Wildman–Crippen MR) is 128 cm³/mol. The smallest absolute Gasteiger partial charge is 0.746 e. The second-order valence-corrected chi connectivity index (χ2v) is 14.5. The maximum atomic E-state index is 11.7. The third kappa shape index (κ3) is 5.04. The van der Waals surface area contributed by atoms with Crippen molar-refractivity contribution in [1.29, 1.82) is 0 Å². The average Bonchev–Trinajstić information content (AvgIpc) is 3.04. The maximum Gasteiger partial charge on any atom is 1.00 e. The molecule has 3 saturated carbocycles. The Morgan fingerprint density at radius 1 is 1.06 bits per heavy atom. The molecule has 6 heteroatoms. The van der Waals surface area contributed by atoms with Crippen molar-refractivity contribution in [1.82, 2.24) is 0 Å². The Bertz CT molecular complexity index is 854. The van der Waals surface area contributed by atoms with E-state index in [9.17, 15) is 18.1 Å². The first kappa shape index (κ1) is 28.8. The summed E-state index contributed by atoms with van der Waals surface area (Å²) in [7, 11) is -4.72. The number of rotatable bonds is 6.